The predicted octanol–water partition coefficient (Wildman–Crippen LogP) is 2.24. The fourth-order valence-corrected chi connectivity index (χ4v) is 3.02. The van der Waals surface area contributed by atoms with E-state index in [4.69, 9.17) is 4.74 Å². The van der Waals surface area contributed by atoms with Crippen LogP contribution in [0, 0.1) is 5.92 Å². The van der Waals surface area contributed by atoms with Crippen molar-refractivity contribution in [2.45, 2.75) is 45.3 Å². The lowest BCUT2D eigenvalue weighted by molar-refractivity contribution is -0.140. The molecular formula is C11H21NO. The van der Waals surface area contributed by atoms with Gasteiger partial charge in [-0.2, -0.15) is 0 Å². The van der Waals surface area contributed by atoms with E-state index in [1.807, 2.05) is 0 Å². The van der Waals surface area contributed by atoms with Crippen molar-refractivity contribution in [3.05, 3.63) is 0 Å². The summed E-state index contributed by atoms with van der Waals surface area (Å²) in [6.45, 7) is 7.83. The molecule has 2 heteroatoms. The molecule has 0 bridgehead atoms. The average molecular weight is 183 g/mol. The van der Waals surface area contributed by atoms with Crippen molar-refractivity contribution < 1.29 is 4.74 Å². The topological polar surface area (TPSA) is 12.5 Å². The highest BCUT2D eigenvalue weighted by Gasteiger charge is 2.46. The van der Waals surface area contributed by atoms with E-state index >= 15 is 0 Å². The van der Waals surface area contributed by atoms with Crippen molar-refractivity contribution in [3.63, 3.8) is 0 Å². The fraction of sp³-hybridized carbons (Fsp3) is 1.00. The number of hydrogen-bond acceptors (Lipinski definition) is 2. The first-order chi connectivity index (χ1) is 6.29. The van der Waals surface area contributed by atoms with Crippen LogP contribution in [0.3, 0.4) is 0 Å². The normalized spacial score (nSPS) is 41.5. The van der Waals surface area contributed by atoms with Gasteiger partial charge in [-0.3, -0.25) is 4.90 Å². The van der Waals surface area contributed by atoms with Crippen LogP contribution >= 0.6 is 0 Å². The maximum Gasteiger partial charge on any atom is 0.124 e. The summed E-state index contributed by atoms with van der Waals surface area (Å²) in [4.78, 5) is 2.54. The minimum atomic E-state index is 0.132. The zero-order valence-corrected chi connectivity index (χ0v) is 8.88. The van der Waals surface area contributed by atoms with Gasteiger partial charge < -0.3 is 4.74 Å². The lowest BCUT2D eigenvalue weighted by Gasteiger charge is -2.44. The van der Waals surface area contributed by atoms with Crippen molar-refractivity contribution in [2.24, 2.45) is 5.92 Å². The Kier molecular flexibility index (Phi) is 2.61. The quantitative estimate of drug-likeness (QED) is 0.618. The summed E-state index contributed by atoms with van der Waals surface area (Å²) in [5.41, 5.74) is 0.132. The van der Waals surface area contributed by atoms with Crippen molar-refractivity contribution >= 4 is 0 Å². The third kappa shape index (κ3) is 1.40. The molecule has 2 fully saturated rings. The van der Waals surface area contributed by atoms with Crippen LogP contribution in [0.25, 0.3) is 0 Å². The lowest BCUT2D eigenvalue weighted by Crippen LogP contribution is -2.51. The highest BCUT2D eigenvalue weighted by molar-refractivity contribution is 4.92. The van der Waals surface area contributed by atoms with Gasteiger partial charge in [-0.15, -0.1) is 0 Å². The summed E-state index contributed by atoms with van der Waals surface area (Å²) in [6, 6.07) is 0. The first kappa shape index (κ1) is 9.47. The molecule has 0 N–H and O–H groups in total. The van der Waals surface area contributed by atoms with E-state index in [1.54, 1.807) is 0 Å². The third-order valence-electron chi connectivity index (χ3n) is 3.82. The molecule has 0 amide bonds. The molecule has 0 aromatic rings. The van der Waals surface area contributed by atoms with E-state index < -0.39 is 0 Å². The second-order valence-corrected chi connectivity index (χ2v) is 4.42. The Labute approximate surface area is 81.3 Å². The average Bonchev–Trinajstić information content (AvgIpc) is 2.55. The van der Waals surface area contributed by atoms with Crippen LogP contribution in [0.1, 0.15) is 39.5 Å². The molecule has 2 unspecified atom stereocenters. The van der Waals surface area contributed by atoms with Gasteiger partial charge in [0.05, 0.1) is 6.61 Å². The highest BCUT2D eigenvalue weighted by atomic mass is 16.5. The van der Waals surface area contributed by atoms with E-state index in [9.17, 15) is 0 Å². The van der Waals surface area contributed by atoms with Gasteiger partial charge in [0, 0.05) is 6.54 Å². The summed E-state index contributed by atoms with van der Waals surface area (Å²) < 4.78 is 6.02. The van der Waals surface area contributed by atoms with Crippen LogP contribution in [0.4, 0.5) is 0 Å². The molecule has 0 aromatic heterocycles. The largest absolute Gasteiger partial charge is 0.359 e. The van der Waals surface area contributed by atoms with E-state index in [0.717, 1.165) is 25.6 Å². The Hall–Kier alpha value is -0.0800. The standard InChI is InChI=1S/C11H21NO/c1-3-12-8-9-13-11(12)7-5-4-6-10(11)2/h10H,3-9H2,1-2H3. The number of rotatable bonds is 1. The van der Waals surface area contributed by atoms with Gasteiger partial charge in [-0.1, -0.05) is 20.3 Å². The van der Waals surface area contributed by atoms with Crippen molar-refractivity contribution in [2.75, 3.05) is 19.7 Å². The van der Waals surface area contributed by atoms with Crippen molar-refractivity contribution in [3.8, 4) is 0 Å². The maximum absolute atomic E-state index is 6.02. The van der Waals surface area contributed by atoms with Crippen LogP contribution in [-0.2, 0) is 4.74 Å². The summed E-state index contributed by atoms with van der Waals surface area (Å²) >= 11 is 0. The summed E-state index contributed by atoms with van der Waals surface area (Å²) in [6.07, 6.45) is 5.34. The first-order valence-electron chi connectivity index (χ1n) is 5.68. The van der Waals surface area contributed by atoms with Crippen LogP contribution in [0.15, 0.2) is 0 Å². The Morgan fingerprint density at radius 1 is 1.46 bits per heavy atom. The molecular weight excluding hydrogens is 162 g/mol. The molecule has 2 aliphatic rings. The molecule has 1 aliphatic carbocycles. The first-order valence-corrected chi connectivity index (χ1v) is 5.68. The monoisotopic (exact) mass is 183 g/mol. The molecule has 1 saturated heterocycles. The molecule has 13 heavy (non-hydrogen) atoms. The Bertz CT molecular complexity index is 183. The van der Waals surface area contributed by atoms with Gasteiger partial charge in [0.1, 0.15) is 5.72 Å². The molecule has 2 nitrogen and oxygen atoms in total. The second kappa shape index (κ2) is 3.58. The molecule has 1 saturated carbocycles. The zero-order valence-electron chi connectivity index (χ0n) is 8.88. The number of ether oxygens (including phenoxy) is 1. The van der Waals surface area contributed by atoms with Crippen LogP contribution in [0.5, 0.6) is 0 Å². The Morgan fingerprint density at radius 3 is 3.00 bits per heavy atom. The summed E-state index contributed by atoms with van der Waals surface area (Å²) in [5, 5.41) is 0. The number of nitrogens with zero attached hydrogens (tertiary/aromatic N) is 1. The molecule has 76 valence electrons. The smallest absolute Gasteiger partial charge is 0.124 e. The van der Waals surface area contributed by atoms with Gasteiger partial charge >= 0.3 is 0 Å². The maximum atomic E-state index is 6.02. The van der Waals surface area contributed by atoms with E-state index in [-0.39, 0.29) is 5.72 Å². The van der Waals surface area contributed by atoms with Gasteiger partial charge in [0.2, 0.25) is 0 Å². The Morgan fingerprint density at radius 2 is 2.31 bits per heavy atom. The molecule has 0 aromatic carbocycles. The van der Waals surface area contributed by atoms with Gasteiger partial charge in [0.25, 0.3) is 0 Å². The molecule has 1 spiro atoms. The zero-order chi connectivity index (χ0) is 9.31. The number of hydrogen-bond donors (Lipinski definition) is 0. The van der Waals surface area contributed by atoms with Crippen molar-refractivity contribution in [1.82, 2.24) is 4.90 Å². The third-order valence-corrected chi connectivity index (χ3v) is 3.82. The fourth-order valence-electron chi connectivity index (χ4n) is 3.02. The van der Waals surface area contributed by atoms with Crippen LogP contribution in [-0.4, -0.2) is 30.3 Å². The summed E-state index contributed by atoms with van der Waals surface area (Å²) in [7, 11) is 0. The minimum Gasteiger partial charge on any atom is -0.359 e. The van der Waals surface area contributed by atoms with Crippen LogP contribution in [0.2, 0.25) is 0 Å². The molecule has 0 radical (unpaired) electrons. The molecule has 2 rings (SSSR count). The van der Waals surface area contributed by atoms with Crippen molar-refractivity contribution in [1.29, 1.82) is 0 Å². The molecule has 1 aliphatic heterocycles. The molecule has 1 heterocycles. The van der Waals surface area contributed by atoms with Crippen LogP contribution < -0.4 is 0 Å². The SMILES string of the molecule is CCN1CCOC12CCCCC2C. The van der Waals surface area contributed by atoms with E-state index in [2.05, 4.69) is 18.7 Å². The van der Waals surface area contributed by atoms with E-state index in [0.29, 0.717) is 0 Å². The van der Waals surface area contributed by atoms with Gasteiger partial charge in [-0.25, -0.2) is 0 Å². The Balaban J connectivity index is 2.15. The highest BCUT2D eigenvalue weighted by Crippen LogP contribution is 2.41. The number of likely N-dealkylation sites (N-methyl/N-ethyl adjacent to an activating group) is 1. The van der Waals surface area contributed by atoms with E-state index in [1.165, 1.54) is 25.7 Å². The lowest BCUT2D eigenvalue weighted by atomic mass is 9.81. The van der Waals surface area contributed by atoms with Gasteiger partial charge in [0.15, 0.2) is 0 Å². The molecule has 2 atom stereocenters. The second-order valence-electron chi connectivity index (χ2n) is 4.42. The minimum absolute atomic E-state index is 0.132. The predicted molar refractivity (Wildman–Crippen MR) is 53.6 cm³/mol. The summed E-state index contributed by atoms with van der Waals surface area (Å²) in [5.74, 6) is 0.726. The van der Waals surface area contributed by atoms with Gasteiger partial charge in [-0.05, 0) is 31.7 Å².